The van der Waals surface area contributed by atoms with Crippen molar-refractivity contribution in [2.24, 2.45) is 5.73 Å². The van der Waals surface area contributed by atoms with Crippen molar-refractivity contribution in [2.75, 3.05) is 7.11 Å². The van der Waals surface area contributed by atoms with E-state index in [0.29, 0.717) is 5.02 Å². The predicted octanol–water partition coefficient (Wildman–Crippen LogP) is 2.83. The van der Waals surface area contributed by atoms with Crippen LogP contribution in [0, 0.1) is 0 Å². The first kappa shape index (κ1) is 19.5. The number of methoxy groups -OCH3 is 1. The fourth-order valence-electron chi connectivity index (χ4n) is 2.18. The molecule has 2 unspecified atom stereocenters. The maximum absolute atomic E-state index is 11.3. The van der Waals surface area contributed by atoms with E-state index in [9.17, 15) is 9.90 Å². The normalized spacial score (nSPS) is 12.9. The molecule has 0 radical (unpaired) electrons. The average molecular weight is 356 g/mol. The number of hydrogen-bond donors (Lipinski definition) is 2. The summed E-state index contributed by atoms with van der Waals surface area (Å²) < 4.78 is 4.48. The molecule has 0 aliphatic carbocycles. The van der Waals surface area contributed by atoms with E-state index >= 15 is 0 Å². The molecule has 0 aliphatic heterocycles. The minimum Gasteiger partial charge on any atom is -0.467 e. The van der Waals surface area contributed by atoms with Crippen molar-refractivity contribution in [3.63, 3.8) is 0 Å². The van der Waals surface area contributed by atoms with Gasteiger partial charge in [-0.25, -0.2) is 4.79 Å². The zero-order valence-corrected chi connectivity index (χ0v) is 14.2. The molecule has 6 heteroatoms. The monoisotopic (exact) mass is 355 g/mol. The molecule has 0 heterocycles. The molecule has 0 saturated carbocycles. The lowest BCUT2D eigenvalue weighted by Crippen LogP contribution is -2.42. The summed E-state index contributed by atoms with van der Waals surface area (Å²) in [5.74, 6) is -0.746. The molecule has 2 rings (SSSR count). The number of carbonyl (C=O) groups excluding carboxylic acids is 1. The smallest absolute Gasteiger partial charge is 0.336 e. The number of rotatable bonds is 5. The van der Waals surface area contributed by atoms with Crippen LogP contribution in [0.4, 0.5) is 0 Å². The summed E-state index contributed by atoms with van der Waals surface area (Å²) in [6, 6.07) is 14.7. The number of nitrogens with two attached hydrogens (primary N) is 1. The lowest BCUT2D eigenvalue weighted by atomic mass is 9.98. The number of aliphatic hydroxyl groups is 1. The predicted molar refractivity (Wildman–Crippen MR) is 93.8 cm³/mol. The first-order valence-corrected chi connectivity index (χ1v) is 7.26. The zero-order chi connectivity index (χ0) is 16.1. The van der Waals surface area contributed by atoms with Gasteiger partial charge >= 0.3 is 5.97 Å². The minimum absolute atomic E-state index is 0. The summed E-state index contributed by atoms with van der Waals surface area (Å²) in [6.45, 7) is 0. The molecule has 4 nitrogen and oxygen atoms in total. The molecule has 0 bridgehead atoms. The average Bonchev–Trinajstić information content (AvgIpc) is 2.55. The minimum atomic E-state index is -1.37. The Morgan fingerprint density at radius 3 is 2.43 bits per heavy atom. The third-order valence-corrected chi connectivity index (χ3v) is 3.82. The molecule has 2 aromatic carbocycles. The summed E-state index contributed by atoms with van der Waals surface area (Å²) >= 11 is 6.29. The molecule has 0 fully saturated rings. The summed E-state index contributed by atoms with van der Waals surface area (Å²) in [4.78, 5) is 11.3. The van der Waals surface area contributed by atoms with E-state index in [4.69, 9.17) is 17.3 Å². The highest BCUT2D eigenvalue weighted by Gasteiger charge is 2.24. The van der Waals surface area contributed by atoms with Gasteiger partial charge < -0.3 is 15.6 Å². The second kappa shape index (κ2) is 8.89. The second-order valence-corrected chi connectivity index (χ2v) is 5.42. The molecule has 2 aromatic rings. The van der Waals surface area contributed by atoms with E-state index in [1.807, 2.05) is 48.5 Å². The number of carbonyl (C=O) groups is 1. The van der Waals surface area contributed by atoms with Crippen LogP contribution in [0.3, 0.4) is 0 Å². The van der Waals surface area contributed by atoms with Crippen molar-refractivity contribution >= 4 is 30.0 Å². The third kappa shape index (κ3) is 4.94. The van der Waals surface area contributed by atoms with Gasteiger partial charge in [0.15, 0.2) is 6.10 Å². The molecule has 124 valence electrons. The fraction of sp³-hybridized carbons (Fsp3) is 0.235. The van der Waals surface area contributed by atoms with Crippen molar-refractivity contribution in [3.8, 4) is 11.1 Å². The molecular formula is C17H19Cl2NO3. The number of esters is 1. The zero-order valence-electron chi connectivity index (χ0n) is 12.6. The van der Waals surface area contributed by atoms with E-state index in [1.165, 1.54) is 7.11 Å². The van der Waals surface area contributed by atoms with E-state index in [-0.39, 0.29) is 18.8 Å². The van der Waals surface area contributed by atoms with Crippen LogP contribution < -0.4 is 5.73 Å². The quantitative estimate of drug-likeness (QED) is 0.808. The van der Waals surface area contributed by atoms with Gasteiger partial charge in [0.2, 0.25) is 0 Å². The highest BCUT2D eigenvalue weighted by atomic mass is 35.5. The standard InChI is InChI=1S/C17H18ClNO3.ClH/c1-22-17(21)16(20)15(19)10-13-8-7-12(9-14(13)18)11-5-3-2-4-6-11;/h2-9,15-16,20H,10,19H2,1H3;1H. The molecule has 0 spiro atoms. The van der Waals surface area contributed by atoms with E-state index in [1.54, 1.807) is 0 Å². The van der Waals surface area contributed by atoms with Crippen molar-refractivity contribution in [1.82, 2.24) is 0 Å². The summed E-state index contributed by atoms with van der Waals surface area (Å²) in [5, 5.41) is 10.3. The molecule has 0 aliphatic rings. The molecule has 0 saturated heterocycles. The van der Waals surface area contributed by atoms with Gasteiger partial charge in [0.05, 0.1) is 7.11 Å². The van der Waals surface area contributed by atoms with E-state index < -0.39 is 18.1 Å². The van der Waals surface area contributed by atoms with Crippen LogP contribution in [0.15, 0.2) is 48.5 Å². The molecule has 0 aromatic heterocycles. The van der Waals surface area contributed by atoms with Gasteiger partial charge in [-0.15, -0.1) is 12.4 Å². The Kier molecular flexibility index (Phi) is 7.52. The first-order chi connectivity index (χ1) is 10.5. The highest BCUT2D eigenvalue weighted by molar-refractivity contribution is 6.31. The van der Waals surface area contributed by atoms with Crippen molar-refractivity contribution in [2.45, 2.75) is 18.6 Å². The lowest BCUT2D eigenvalue weighted by Gasteiger charge is -2.17. The highest BCUT2D eigenvalue weighted by Crippen LogP contribution is 2.26. The maximum atomic E-state index is 11.3. The van der Waals surface area contributed by atoms with Gasteiger partial charge in [0, 0.05) is 11.1 Å². The van der Waals surface area contributed by atoms with Crippen LogP contribution in [0.5, 0.6) is 0 Å². The van der Waals surface area contributed by atoms with Gasteiger partial charge in [0.1, 0.15) is 0 Å². The number of ether oxygens (including phenoxy) is 1. The van der Waals surface area contributed by atoms with Crippen molar-refractivity contribution in [1.29, 1.82) is 0 Å². The first-order valence-electron chi connectivity index (χ1n) is 6.88. The number of hydrogen-bond acceptors (Lipinski definition) is 4. The number of halogens is 2. The van der Waals surface area contributed by atoms with Crippen LogP contribution in [0.25, 0.3) is 11.1 Å². The van der Waals surface area contributed by atoms with E-state index in [2.05, 4.69) is 4.74 Å². The molecule has 2 atom stereocenters. The molecule has 0 amide bonds. The number of benzene rings is 2. The second-order valence-electron chi connectivity index (χ2n) is 5.01. The Balaban J connectivity index is 0.00000264. The van der Waals surface area contributed by atoms with Gasteiger partial charge in [-0.05, 0) is 29.2 Å². The van der Waals surface area contributed by atoms with Crippen LogP contribution >= 0.6 is 24.0 Å². The van der Waals surface area contributed by atoms with Gasteiger partial charge in [0.25, 0.3) is 0 Å². The summed E-state index contributed by atoms with van der Waals surface area (Å²) in [7, 11) is 1.21. The molecular weight excluding hydrogens is 337 g/mol. The Morgan fingerprint density at radius 2 is 1.87 bits per heavy atom. The van der Waals surface area contributed by atoms with Gasteiger partial charge in [-0.2, -0.15) is 0 Å². The third-order valence-electron chi connectivity index (χ3n) is 3.46. The topological polar surface area (TPSA) is 72.5 Å². The number of aliphatic hydroxyl groups excluding tert-OH is 1. The maximum Gasteiger partial charge on any atom is 0.336 e. The van der Waals surface area contributed by atoms with Crippen LogP contribution in [0.2, 0.25) is 5.02 Å². The van der Waals surface area contributed by atoms with Crippen LogP contribution in [-0.4, -0.2) is 30.3 Å². The van der Waals surface area contributed by atoms with E-state index in [0.717, 1.165) is 16.7 Å². The lowest BCUT2D eigenvalue weighted by molar-refractivity contribution is -0.151. The van der Waals surface area contributed by atoms with Crippen LogP contribution in [-0.2, 0) is 16.0 Å². The van der Waals surface area contributed by atoms with Crippen molar-refractivity contribution in [3.05, 3.63) is 59.1 Å². The summed E-state index contributed by atoms with van der Waals surface area (Å²) in [6.07, 6.45) is -1.08. The largest absolute Gasteiger partial charge is 0.467 e. The fourth-order valence-corrected chi connectivity index (χ4v) is 2.44. The van der Waals surface area contributed by atoms with Crippen molar-refractivity contribution < 1.29 is 14.6 Å². The molecule has 3 N–H and O–H groups in total. The summed E-state index contributed by atoms with van der Waals surface area (Å²) in [5.41, 5.74) is 8.67. The Hall–Kier alpha value is -1.59. The SMILES string of the molecule is COC(=O)C(O)C(N)Cc1ccc(-c2ccccc2)cc1Cl.Cl. The Bertz CT molecular complexity index is 650. The Labute approximate surface area is 146 Å². The van der Waals surface area contributed by atoms with Gasteiger partial charge in [-0.3, -0.25) is 0 Å². The van der Waals surface area contributed by atoms with Gasteiger partial charge in [-0.1, -0.05) is 54.1 Å². The molecule has 23 heavy (non-hydrogen) atoms. The Morgan fingerprint density at radius 1 is 1.22 bits per heavy atom. The van der Waals surface area contributed by atoms with Crippen LogP contribution in [0.1, 0.15) is 5.56 Å².